The van der Waals surface area contributed by atoms with Gasteiger partial charge in [-0.3, -0.25) is 4.79 Å². The molecular weight excluding hydrogens is 380 g/mol. The Kier molecular flexibility index (Phi) is 12.6. The average molecular weight is 419 g/mol. The first-order chi connectivity index (χ1) is 14.4. The predicted molar refractivity (Wildman–Crippen MR) is 120 cm³/mol. The first-order valence-electron chi connectivity index (χ1n) is 11.1. The molecule has 0 aliphatic heterocycles. The van der Waals surface area contributed by atoms with Crippen LogP contribution in [0, 0.1) is 0 Å². The summed E-state index contributed by atoms with van der Waals surface area (Å²) >= 11 is 0. The Morgan fingerprint density at radius 3 is 1.97 bits per heavy atom. The average Bonchev–Trinajstić information content (AvgIpc) is 2.74. The van der Waals surface area contributed by atoms with Gasteiger partial charge in [0.25, 0.3) is 0 Å². The van der Waals surface area contributed by atoms with Gasteiger partial charge >= 0.3 is 11.9 Å². The van der Waals surface area contributed by atoms with Crippen molar-refractivity contribution >= 4 is 17.5 Å². The summed E-state index contributed by atoms with van der Waals surface area (Å²) in [5, 5.41) is 0. The topological polar surface area (TPSA) is 61.8 Å². The van der Waals surface area contributed by atoms with E-state index in [1.807, 2.05) is 0 Å². The van der Waals surface area contributed by atoms with Gasteiger partial charge in [-0.15, -0.1) is 0 Å². The van der Waals surface area contributed by atoms with Gasteiger partial charge < -0.3 is 14.2 Å². The van der Waals surface area contributed by atoms with Crippen LogP contribution in [0.15, 0.2) is 30.8 Å². The fourth-order valence-electron chi connectivity index (χ4n) is 3.01. The van der Waals surface area contributed by atoms with Crippen molar-refractivity contribution in [2.24, 2.45) is 0 Å². The zero-order valence-corrected chi connectivity index (χ0v) is 19.1. The predicted octanol–water partition coefficient (Wildman–Crippen LogP) is 6.10. The van der Waals surface area contributed by atoms with Gasteiger partial charge in [0, 0.05) is 6.42 Å². The molecule has 168 valence electrons. The van der Waals surface area contributed by atoms with Crippen LogP contribution in [0.2, 0.25) is 0 Å². The van der Waals surface area contributed by atoms with E-state index in [4.69, 9.17) is 14.2 Å². The molecule has 1 aromatic rings. The molecule has 0 fully saturated rings. The van der Waals surface area contributed by atoms with Crippen LogP contribution < -0.4 is 4.74 Å². The maximum absolute atomic E-state index is 12.3. The number of methoxy groups -OCH3 is 1. The Labute approximate surface area is 181 Å². The number of hydrogen-bond donors (Lipinski definition) is 0. The highest BCUT2D eigenvalue weighted by atomic mass is 16.6. The molecule has 5 heteroatoms. The SMILES string of the molecule is C=C(C(=O)OC(C)C(C)OC(=O)CCCCCCCCCC)c1ccc(OC)cc1. The van der Waals surface area contributed by atoms with Crippen molar-refractivity contribution in [2.45, 2.75) is 90.8 Å². The highest BCUT2D eigenvalue weighted by molar-refractivity contribution is 6.15. The van der Waals surface area contributed by atoms with Crippen molar-refractivity contribution in [1.29, 1.82) is 0 Å². The lowest BCUT2D eigenvalue weighted by Gasteiger charge is -2.21. The molecule has 0 saturated carbocycles. The number of ether oxygens (including phenoxy) is 3. The maximum Gasteiger partial charge on any atom is 0.338 e. The van der Waals surface area contributed by atoms with Gasteiger partial charge in [-0.2, -0.15) is 0 Å². The van der Waals surface area contributed by atoms with Crippen LogP contribution in [-0.4, -0.2) is 31.3 Å². The van der Waals surface area contributed by atoms with Crippen LogP contribution in [-0.2, 0) is 19.1 Å². The molecule has 30 heavy (non-hydrogen) atoms. The molecule has 0 heterocycles. The summed E-state index contributed by atoms with van der Waals surface area (Å²) in [6.07, 6.45) is 8.74. The van der Waals surface area contributed by atoms with Gasteiger partial charge in [-0.1, -0.05) is 70.6 Å². The van der Waals surface area contributed by atoms with Crippen LogP contribution in [0.3, 0.4) is 0 Å². The number of rotatable bonds is 15. The van der Waals surface area contributed by atoms with Gasteiger partial charge in [-0.05, 0) is 38.0 Å². The molecule has 0 spiro atoms. The number of unbranched alkanes of at least 4 members (excludes halogenated alkanes) is 7. The second-order valence-corrected chi connectivity index (χ2v) is 7.74. The van der Waals surface area contributed by atoms with E-state index in [0.717, 1.165) is 19.3 Å². The van der Waals surface area contributed by atoms with E-state index in [1.165, 1.54) is 32.1 Å². The first-order valence-corrected chi connectivity index (χ1v) is 11.1. The van der Waals surface area contributed by atoms with E-state index < -0.39 is 18.2 Å². The van der Waals surface area contributed by atoms with Gasteiger partial charge in [0.2, 0.25) is 0 Å². The van der Waals surface area contributed by atoms with E-state index in [1.54, 1.807) is 45.2 Å². The lowest BCUT2D eigenvalue weighted by Crippen LogP contribution is -2.30. The second kappa shape index (κ2) is 14.6. The summed E-state index contributed by atoms with van der Waals surface area (Å²) in [6.45, 7) is 9.48. The third kappa shape index (κ3) is 9.95. The van der Waals surface area contributed by atoms with E-state index in [-0.39, 0.29) is 11.5 Å². The lowest BCUT2D eigenvalue weighted by molar-refractivity contribution is -0.162. The van der Waals surface area contributed by atoms with Crippen molar-refractivity contribution in [3.63, 3.8) is 0 Å². The number of carbonyl (C=O) groups excluding carboxylic acids is 2. The minimum atomic E-state index is -0.560. The summed E-state index contributed by atoms with van der Waals surface area (Å²) in [5.41, 5.74) is 0.911. The number of hydrogen-bond acceptors (Lipinski definition) is 5. The molecular formula is C25H38O5. The standard InChI is InChI=1S/C25H38O5/c1-6-7-8-9-10-11-12-13-14-24(26)29-20(3)21(4)30-25(27)19(2)22-15-17-23(28-5)18-16-22/h15-18,20-21H,2,6-14H2,1,3-5H3. The summed E-state index contributed by atoms with van der Waals surface area (Å²) in [7, 11) is 1.58. The Bertz CT molecular complexity index is 650. The summed E-state index contributed by atoms with van der Waals surface area (Å²) in [6, 6.07) is 7.01. The van der Waals surface area contributed by atoms with Crippen molar-refractivity contribution in [1.82, 2.24) is 0 Å². The molecule has 0 aliphatic carbocycles. The van der Waals surface area contributed by atoms with E-state index in [9.17, 15) is 9.59 Å². The largest absolute Gasteiger partial charge is 0.497 e. The van der Waals surface area contributed by atoms with E-state index in [2.05, 4.69) is 13.5 Å². The molecule has 2 atom stereocenters. The van der Waals surface area contributed by atoms with Crippen LogP contribution in [0.5, 0.6) is 5.75 Å². The summed E-state index contributed by atoms with van der Waals surface area (Å²) < 4.78 is 16.0. The fraction of sp³-hybridized carbons (Fsp3) is 0.600. The molecule has 0 bridgehead atoms. The van der Waals surface area contributed by atoms with Gasteiger partial charge in [0.1, 0.15) is 18.0 Å². The molecule has 1 aromatic carbocycles. The number of carbonyl (C=O) groups is 2. The molecule has 0 amide bonds. The molecule has 2 unspecified atom stereocenters. The van der Waals surface area contributed by atoms with Crippen LogP contribution in [0.4, 0.5) is 0 Å². The van der Waals surface area contributed by atoms with E-state index >= 15 is 0 Å². The summed E-state index contributed by atoms with van der Waals surface area (Å²) in [4.78, 5) is 24.4. The molecule has 1 rings (SSSR count). The molecule has 0 radical (unpaired) electrons. The van der Waals surface area contributed by atoms with E-state index in [0.29, 0.717) is 17.7 Å². The zero-order chi connectivity index (χ0) is 22.4. The van der Waals surface area contributed by atoms with Crippen molar-refractivity contribution in [3.8, 4) is 5.75 Å². The van der Waals surface area contributed by atoms with Crippen LogP contribution in [0.25, 0.3) is 5.57 Å². The van der Waals surface area contributed by atoms with Gasteiger partial charge in [0.05, 0.1) is 12.7 Å². The maximum atomic E-state index is 12.3. The highest BCUT2D eigenvalue weighted by Gasteiger charge is 2.22. The molecule has 0 aromatic heterocycles. The third-order valence-corrected chi connectivity index (χ3v) is 5.19. The Morgan fingerprint density at radius 1 is 0.867 bits per heavy atom. The normalized spacial score (nSPS) is 12.7. The van der Waals surface area contributed by atoms with Gasteiger partial charge in [-0.25, -0.2) is 4.79 Å². The minimum absolute atomic E-state index is 0.245. The molecule has 5 nitrogen and oxygen atoms in total. The van der Waals surface area contributed by atoms with Gasteiger partial charge in [0.15, 0.2) is 0 Å². The zero-order valence-electron chi connectivity index (χ0n) is 19.1. The lowest BCUT2D eigenvalue weighted by atomic mass is 10.1. The second-order valence-electron chi connectivity index (χ2n) is 7.74. The third-order valence-electron chi connectivity index (χ3n) is 5.19. The molecule has 0 aliphatic rings. The quantitative estimate of drug-likeness (QED) is 0.196. The Morgan fingerprint density at radius 2 is 1.40 bits per heavy atom. The molecule has 0 N–H and O–H groups in total. The highest BCUT2D eigenvalue weighted by Crippen LogP contribution is 2.20. The number of benzene rings is 1. The Hall–Kier alpha value is -2.30. The Balaban J connectivity index is 2.28. The monoisotopic (exact) mass is 418 g/mol. The first kappa shape index (κ1) is 25.7. The fourth-order valence-corrected chi connectivity index (χ4v) is 3.01. The summed E-state index contributed by atoms with van der Waals surface area (Å²) in [5.74, 6) is -0.0747. The molecule has 0 saturated heterocycles. The smallest absolute Gasteiger partial charge is 0.338 e. The van der Waals surface area contributed by atoms with Crippen molar-refractivity contribution in [3.05, 3.63) is 36.4 Å². The van der Waals surface area contributed by atoms with Crippen LogP contribution >= 0.6 is 0 Å². The van der Waals surface area contributed by atoms with Crippen molar-refractivity contribution < 1.29 is 23.8 Å². The van der Waals surface area contributed by atoms with Crippen LogP contribution in [0.1, 0.15) is 84.1 Å². The minimum Gasteiger partial charge on any atom is -0.497 e. The van der Waals surface area contributed by atoms with Crippen molar-refractivity contribution in [2.75, 3.05) is 7.11 Å². The number of esters is 2.